The Morgan fingerprint density at radius 1 is 1.77 bits per heavy atom. The highest BCUT2D eigenvalue weighted by Gasteiger charge is 2.22. The molecule has 1 N–H and O–H groups in total. The average molecular weight is 183 g/mol. The molecule has 0 radical (unpaired) electrons. The van der Waals surface area contributed by atoms with Crippen molar-refractivity contribution in [1.82, 2.24) is 5.16 Å². The van der Waals surface area contributed by atoms with E-state index in [1.165, 1.54) is 18.9 Å². The lowest BCUT2D eigenvalue weighted by atomic mass is 10.4. The summed E-state index contributed by atoms with van der Waals surface area (Å²) >= 11 is 0. The largest absolute Gasteiger partial charge is 0.475 e. The highest BCUT2D eigenvalue weighted by Crippen LogP contribution is 2.29. The molecule has 70 valence electrons. The monoisotopic (exact) mass is 183 g/mol. The van der Waals surface area contributed by atoms with Crippen molar-refractivity contribution in [2.75, 3.05) is 6.61 Å². The Balaban J connectivity index is 1.92. The Bertz CT molecular complexity index is 316. The third-order valence-electron chi connectivity index (χ3n) is 1.86. The minimum Gasteiger partial charge on any atom is -0.475 e. The summed E-state index contributed by atoms with van der Waals surface area (Å²) < 4.78 is 9.70. The molecule has 0 unspecified atom stereocenters. The molecule has 1 saturated carbocycles. The number of hydrogen-bond acceptors (Lipinski definition) is 4. The third kappa shape index (κ3) is 1.99. The minimum atomic E-state index is -1.13. The van der Waals surface area contributed by atoms with Crippen molar-refractivity contribution < 1.29 is 19.2 Å². The van der Waals surface area contributed by atoms with Gasteiger partial charge in [-0.2, -0.15) is 0 Å². The van der Waals surface area contributed by atoms with Crippen LogP contribution < -0.4 is 4.74 Å². The molecule has 0 spiro atoms. The zero-order chi connectivity index (χ0) is 9.26. The van der Waals surface area contributed by atoms with Gasteiger partial charge < -0.3 is 14.4 Å². The molecule has 1 aliphatic rings. The second-order valence-electron chi connectivity index (χ2n) is 3.09. The molecule has 0 bridgehead atoms. The fraction of sp³-hybridized carbons (Fsp3) is 0.500. The zero-order valence-corrected chi connectivity index (χ0v) is 6.90. The van der Waals surface area contributed by atoms with Crippen molar-refractivity contribution in [3.63, 3.8) is 0 Å². The lowest BCUT2D eigenvalue weighted by Gasteiger charge is -1.96. The number of nitrogens with zero attached hydrogens (tertiary/aromatic N) is 1. The van der Waals surface area contributed by atoms with E-state index < -0.39 is 5.97 Å². The van der Waals surface area contributed by atoms with Gasteiger partial charge in [-0.25, -0.2) is 4.79 Å². The molecule has 2 rings (SSSR count). The van der Waals surface area contributed by atoms with Gasteiger partial charge in [0.2, 0.25) is 5.76 Å². The van der Waals surface area contributed by atoms with E-state index in [0.29, 0.717) is 12.5 Å². The summed E-state index contributed by atoms with van der Waals surface area (Å²) in [6, 6.07) is 1.28. The van der Waals surface area contributed by atoms with Crippen molar-refractivity contribution in [1.29, 1.82) is 0 Å². The average Bonchev–Trinajstić information content (AvgIpc) is 2.79. The van der Waals surface area contributed by atoms with Crippen molar-refractivity contribution in [2.45, 2.75) is 12.8 Å². The molecular formula is C8H9NO4. The van der Waals surface area contributed by atoms with Gasteiger partial charge in [0.25, 0.3) is 5.88 Å². The molecule has 5 nitrogen and oxygen atoms in total. The van der Waals surface area contributed by atoms with E-state index in [9.17, 15) is 4.79 Å². The Morgan fingerprint density at radius 3 is 3.08 bits per heavy atom. The summed E-state index contributed by atoms with van der Waals surface area (Å²) in [5.74, 6) is -0.450. The predicted octanol–water partition coefficient (Wildman–Crippen LogP) is 1.16. The topological polar surface area (TPSA) is 72.6 Å². The van der Waals surface area contributed by atoms with Crippen LogP contribution in [0.2, 0.25) is 0 Å². The Labute approximate surface area is 74.3 Å². The standard InChI is InChI=1S/C8H9NO4/c10-8(11)6-3-7(9-13-6)12-4-5-1-2-5/h3,5H,1-2,4H2,(H,10,11). The van der Waals surface area contributed by atoms with Crippen LogP contribution in [-0.4, -0.2) is 22.8 Å². The number of carboxylic acid groups (broad SMARTS) is 1. The van der Waals surface area contributed by atoms with E-state index in [2.05, 4.69) is 9.68 Å². The molecule has 0 atom stereocenters. The molecule has 0 aliphatic heterocycles. The van der Waals surface area contributed by atoms with Gasteiger partial charge in [-0.05, 0) is 23.9 Å². The van der Waals surface area contributed by atoms with Crippen LogP contribution in [0.4, 0.5) is 0 Å². The lowest BCUT2D eigenvalue weighted by Crippen LogP contribution is -1.98. The van der Waals surface area contributed by atoms with Gasteiger partial charge >= 0.3 is 5.97 Å². The second-order valence-corrected chi connectivity index (χ2v) is 3.09. The molecule has 0 saturated heterocycles. The molecule has 5 heteroatoms. The van der Waals surface area contributed by atoms with Gasteiger partial charge in [0.05, 0.1) is 12.7 Å². The number of aromatic nitrogens is 1. The number of aromatic carboxylic acids is 1. The van der Waals surface area contributed by atoms with E-state index in [-0.39, 0.29) is 11.6 Å². The Hall–Kier alpha value is -1.52. The number of hydrogen-bond donors (Lipinski definition) is 1. The summed E-state index contributed by atoms with van der Waals surface area (Å²) in [5.41, 5.74) is 0. The molecule has 0 amide bonds. The van der Waals surface area contributed by atoms with Gasteiger partial charge in [-0.1, -0.05) is 0 Å². The maximum atomic E-state index is 10.4. The molecule has 1 fully saturated rings. The maximum absolute atomic E-state index is 10.4. The Kier molecular flexibility index (Phi) is 1.92. The summed E-state index contributed by atoms with van der Waals surface area (Å²) in [6.07, 6.45) is 2.37. The number of ether oxygens (including phenoxy) is 1. The first-order chi connectivity index (χ1) is 6.25. The third-order valence-corrected chi connectivity index (χ3v) is 1.86. The fourth-order valence-electron chi connectivity index (χ4n) is 0.916. The van der Waals surface area contributed by atoms with Crippen molar-refractivity contribution in [3.8, 4) is 5.88 Å². The van der Waals surface area contributed by atoms with E-state index >= 15 is 0 Å². The molecule has 1 heterocycles. The first-order valence-corrected chi connectivity index (χ1v) is 4.08. The Morgan fingerprint density at radius 2 is 2.54 bits per heavy atom. The van der Waals surface area contributed by atoms with Crippen LogP contribution in [0.1, 0.15) is 23.4 Å². The van der Waals surface area contributed by atoms with Crippen molar-refractivity contribution in [2.24, 2.45) is 5.92 Å². The van der Waals surface area contributed by atoms with Crippen LogP contribution in [0.25, 0.3) is 0 Å². The molecule has 13 heavy (non-hydrogen) atoms. The van der Waals surface area contributed by atoms with E-state index in [1.807, 2.05) is 0 Å². The number of carboxylic acids is 1. The predicted molar refractivity (Wildman–Crippen MR) is 41.7 cm³/mol. The van der Waals surface area contributed by atoms with E-state index in [4.69, 9.17) is 9.84 Å². The van der Waals surface area contributed by atoms with Gasteiger partial charge in [0, 0.05) is 0 Å². The van der Waals surface area contributed by atoms with Gasteiger partial charge in [0.1, 0.15) is 0 Å². The first-order valence-electron chi connectivity index (χ1n) is 4.08. The van der Waals surface area contributed by atoms with Crippen molar-refractivity contribution >= 4 is 5.97 Å². The van der Waals surface area contributed by atoms with Crippen molar-refractivity contribution in [3.05, 3.63) is 11.8 Å². The molecule has 1 aromatic heterocycles. The van der Waals surface area contributed by atoms with E-state index in [1.54, 1.807) is 0 Å². The van der Waals surface area contributed by atoms with Crippen LogP contribution in [-0.2, 0) is 0 Å². The second kappa shape index (κ2) is 3.08. The highest BCUT2D eigenvalue weighted by atomic mass is 16.5. The lowest BCUT2D eigenvalue weighted by molar-refractivity contribution is 0.0651. The van der Waals surface area contributed by atoms with Crippen LogP contribution in [0.5, 0.6) is 5.88 Å². The number of rotatable bonds is 4. The van der Waals surface area contributed by atoms with Gasteiger partial charge in [-0.3, -0.25) is 0 Å². The quantitative estimate of drug-likeness (QED) is 0.758. The molecular weight excluding hydrogens is 174 g/mol. The first kappa shape index (κ1) is 8.10. The highest BCUT2D eigenvalue weighted by molar-refractivity contribution is 5.84. The van der Waals surface area contributed by atoms with Crippen LogP contribution >= 0.6 is 0 Å². The maximum Gasteiger partial charge on any atom is 0.374 e. The summed E-state index contributed by atoms with van der Waals surface area (Å²) in [6.45, 7) is 0.603. The summed E-state index contributed by atoms with van der Waals surface area (Å²) in [7, 11) is 0. The smallest absolute Gasteiger partial charge is 0.374 e. The SMILES string of the molecule is O=C(O)c1cc(OCC2CC2)no1. The van der Waals surface area contributed by atoms with Crippen LogP contribution in [0.3, 0.4) is 0 Å². The summed E-state index contributed by atoms with van der Waals surface area (Å²) in [5, 5.41) is 12.0. The van der Waals surface area contributed by atoms with Gasteiger partial charge in [0.15, 0.2) is 0 Å². The number of carbonyl (C=O) groups is 1. The zero-order valence-electron chi connectivity index (χ0n) is 6.90. The van der Waals surface area contributed by atoms with E-state index in [0.717, 1.165) is 0 Å². The normalized spacial score (nSPS) is 15.7. The van der Waals surface area contributed by atoms with Gasteiger partial charge in [-0.15, -0.1) is 0 Å². The molecule has 1 aliphatic carbocycles. The fourth-order valence-corrected chi connectivity index (χ4v) is 0.916. The molecule has 0 aromatic carbocycles. The summed E-state index contributed by atoms with van der Waals surface area (Å²) in [4.78, 5) is 10.4. The molecule has 1 aromatic rings. The minimum absolute atomic E-state index is 0.189. The van der Waals surface area contributed by atoms with Crippen LogP contribution in [0, 0.1) is 5.92 Å². The van der Waals surface area contributed by atoms with Crippen LogP contribution in [0.15, 0.2) is 10.6 Å².